The first-order valence-corrected chi connectivity index (χ1v) is 12.5. The van der Waals surface area contributed by atoms with Crippen molar-refractivity contribution < 1.29 is 4.79 Å². The number of ketones is 1. The van der Waals surface area contributed by atoms with Crippen molar-refractivity contribution in [2.75, 3.05) is 5.73 Å². The molecule has 0 aliphatic heterocycles. The third-order valence-electron chi connectivity index (χ3n) is 5.91. The maximum Gasteiger partial charge on any atom is 0.198 e. The topological polar surface area (TPSA) is 60.9 Å². The zero-order valence-corrected chi connectivity index (χ0v) is 21.9. The van der Waals surface area contributed by atoms with Crippen molar-refractivity contribution in [3.63, 3.8) is 0 Å². The zero-order valence-electron chi connectivity index (χ0n) is 21.2. The van der Waals surface area contributed by atoms with Crippen LogP contribution >= 0.6 is 11.6 Å². The summed E-state index contributed by atoms with van der Waals surface area (Å²) in [5.74, 6) is -0.227. The Balaban J connectivity index is 0.00000176. The van der Waals surface area contributed by atoms with Gasteiger partial charge in [-0.05, 0) is 48.7 Å². The number of aromatic nitrogens is 2. The minimum Gasteiger partial charge on any atom is -0.398 e. The number of carbonyl (C=O) groups excluding carboxylic acids is 1. The number of benzene rings is 3. The molecular formula is C31H32ClN3O. The van der Waals surface area contributed by atoms with Crippen LogP contribution < -0.4 is 5.73 Å². The van der Waals surface area contributed by atoms with E-state index in [1.165, 1.54) is 0 Å². The van der Waals surface area contributed by atoms with E-state index in [-0.39, 0.29) is 5.78 Å². The second kappa shape index (κ2) is 12.2. The number of allylic oxidation sites excluding steroid dienone is 4. The van der Waals surface area contributed by atoms with Gasteiger partial charge in [0.25, 0.3) is 0 Å². The van der Waals surface area contributed by atoms with E-state index in [0.29, 0.717) is 21.8 Å². The Morgan fingerprint density at radius 2 is 1.53 bits per heavy atom. The second-order valence-electron chi connectivity index (χ2n) is 7.92. The highest BCUT2D eigenvalue weighted by atomic mass is 35.5. The predicted molar refractivity (Wildman–Crippen MR) is 151 cm³/mol. The van der Waals surface area contributed by atoms with Crippen molar-refractivity contribution in [1.82, 2.24) is 9.78 Å². The predicted octanol–water partition coefficient (Wildman–Crippen LogP) is 7.69. The highest BCUT2D eigenvalue weighted by molar-refractivity contribution is 6.31. The zero-order chi connectivity index (χ0) is 26.1. The smallest absolute Gasteiger partial charge is 0.198 e. The summed E-state index contributed by atoms with van der Waals surface area (Å²) in [6.45, 7) is 8.00. The quantitative estimate of drug-likeness (QED) is 0.162. The minimum absolute atomic E-state index is 0.227. The molecule has 36 heavy (non-hydrogen) atoms. The molecule has 0 fully saturated rings. The average molecular weight is 498 g/mol. The molecule has 184 valence electrons. The van der Waals surface area contributed by atoms with Gasteiger partial charge in [0.05, 0.1) is 11.8 Å². The molecule has 0 aliphatic rings. The van der Waals surface area contributed by atoms with E-state index in [4.69, 9.17) is 22.4 Å². The molecule has 0 radical (unpaired) electrons. The Morgan fingerprint density at radius 1 is 0.944 bits per heavy atom. The van der Waals surface area contributed by atoms with Crippen molar-refractivity contribution in [1.29, 1.82) is 0 Å². The third-order valence-corrected chi connectivity index (χ3v) is 6.14. The molecule has 1 aromatic heterocycles. The average Bonchev–Trinajstić information content (AvgIpc) is 3.42. The van der Waals surface area contributed by atoms with Gasteiger partial charge in [0.1, 0.15) is 5.54 Å². The normalized spacial score (nSPS) is 11.8. The summed E-state index contributed by atoms with van der Waals surface area (Å²) in [4.78, 5) is 13.4. The summed E-state index contributed by atoms with van der Waals surface area (Å²) in [5.41, 5.74) is 9.54. The van der Waals surface area contributed by atoms with Crippen molar-refractivity contribution in [2.24, 2.45) is 0 Å². The van der Waals surface area contributed by atoms with E-state index in [0.717, 1.165) is 16.7 Å². The van der Waals surface area contributed by atoms with Gasteiger partial charge < -0.3 is 5.73 Å². The van der Waals surface area contributed by atoms with Gasteiger partial charge >= 0.3 is 0 Å². The van der Waals surface area contributed by atoms with E-state index in [1.54, 1.807) is 30.6 Å². The molecule has 0 unspecified atom stereocenters. The maximum absolute atomic E-state index is 13.4. The number of anilines is 1. The standard InChI is InChI=1S/C29H26ClN3O.C2H6/c1-3-11-22(4-2)29(23-12-7-5-8-13-23,24-14-9-6-10-15-24)33-20-21(19-32-33)28(34)26-18-25(30)16-17-27(26)31;1-2/h3-20H,31H2,1-2H3;1-2H3/b11-3-,22-4+;. The summed E-state index contributed by atoms with van der Waals surface area (Å²) in [5, 5.41) is 5.19. The van der Waals surface area contributed by atoms with Gasteiger partial charge in [-0.1, -0.05) is 104 Å². The number of carbonyl (C=O) groups is 1. The Morgan fingerprint density at radius 3 is 2.06 bits per heavy atom. The molecule has 5 heteroatoms. The van der Waals surface area contributed by atoms with Crippen LogP contribution in [0.4, 0.5) is 5.69 Å². The molecule has 0 bridgehead atoms. The Bertz CT molecular complexity index is 1320. The summed E-state index contributed by atoms with van der Waals surface area (Å²) < 4.78 is 1.86. The monoisotopic (exact) mass is 497 g/mol. The fourth-order valence-electron chi connectivity index (χ4n) is 4.36. The van der Waals surface area contributed by atoms with Crippen molar-refractivity contribution in [2.45, 2.75) is 33.2 Å². The van der Waals surface area contributed by atoms with Crippen LogP contribution in [0, 0.1) is 0 Å². The van der Waals surface area contributed by atoms with Gasteiger partial charge in [-0.15, -0.1) is 0 Å². The summed E-state index contributed by atoms with van der Waals surface area (Å²) >= 11 is 6.14. The van der Waals surface area contributed by atoms with Crippen molar-refractivity contribution in [3.05, 3.63) is 142 Å². The molecular weight excluding hydrogens is 466 g/mol. The van der Waals surface area contributed by atoms with Gasteiger partial charge in [-0.25, -0.2) is 0 Å². The fraction of sp³-hybridized carbons (Fsp3) is 0.161. The summed E-state index contributed by atoms with van der Waals surface area (Å²) in [6, 6.07) is 25.3. The minimum atomic E-state index is -0.789. The summed E-state index contributed by atoms with van der Waals surface area (Å²) in [7, 11) is 0. The van der Waals surface area contributed by atoms with Gasteiger partial charge in [0.2, 0.25) is 0 Å². The lowest BCUT2D eigenvalue weighted by molar-refractivity contribution is 0.103. The Hall–Kier alpha value is -3.89. The molecule has 0 spiro atoms. The van der Waals surface area contributed by atoms with Crippen LogP contribution in [0.15, 0.2) is 115 Å². The lowest BCUT2D eigenvalue weighted by atomic mass is 9.76. The van der Waals surface area contributed by atoms with E-state index < -0.39 is 5.54 Å². The molecule has 0 amide bonds. The van der Waals surface area contributed by atoms with Crippen LogP contribution in [0.1, 0.15) is 54.7 Å². The molecule has 0 aliphatic carbocycles. The number of nitrogens with two attached hydrogens (primary N) is 1. The van der Waals surface area contributed by atoms with Crippen LogP contribution in [-0.4, -0.2) is 15.6 Å². The molecule has 4 nitrogen and oxygen atoms in total. The van der Waals surface area contributed by atoms with Gasteiger partial charge in [-0.3, -0.25) is 9.48 Å². The first-order chi connectivity index (χ1) is 17.5. The number of nitrogen functional groups attached to an aromatic ring is 1. The molecule has 2 N–H and O–H groups in total. The number of hydrogen-bond acceptors (Lipinski definition) is 3. The van der Waals surface area contributed by atoms with Crippen LogP contribution in [0.3, 0.4) is 0 Å². The lowest BCUT2D eigenvalue weighted by Gasteiger charge is -2.37. The largest absolute Gasteiger partial charge is 0.398 e. The van der Waals surface area contributed by atoms with Gasteiger partial charge in [-0.2, -0.15) is 5.10 Å². The third kappa shape index (κ3) is 5.05. The first kappa shape index (κ1) is 26.7. The fourth-order valence-corrected chi connectivity index (χ4v) is 4.54. The van der Waals surface area contributed by atoms with Crippen LogP contribution in [0.2, 0.25) is 5.02 Å². The van der Waals surface area contributed by atoms with Crippen molar-refractivity contribution >= 4 is 23.1 Å². The number of halogens is 1. The molecule has 0 atom stereocenters. The van der Waals surface area contributed by atoms with E-state index >= 15 is 0 Å². The molecule has 4 aromatic rings. The molecule has 0 saturated carbocycles. The number of hydrogen-bond donors (Lipinski definition) is 1. The van der Waals surface area contributed by atoms with Crippen LogP contribution in [0.5, 0.6) is 0 Å². The summed E-state index contributed by atoms with van der Waals surface area (Å²) in [6.07, 6.45) is 9.55. The van der Waals surface area contributed by atoms with Crippen molar-refractivity contribution in [3.8, 4) is 0 Å². The van der Waals surface area contributed by atoms with E-state index in [9.17, 15) is 4.79 Å². The molecule has 1 heterocycles. The number of nitrogens with zero attached hydrogens (tertiary/aromatic N) is 2. The molecule has 0 saturated heterocycles. The lowest BCUT2D eigenvalue weighted by Crippen LogP contribution is -2.38. The van der Waals surface area contributed by atoms with E-state index in [2.05, 4.69) is 36.4 Å². The number of rotatable bonds is 7. The first-order valence-electron chi connectivity index (χ1n) is 12.1. The molecule has 3 aromatic carbocycles. The Kier molecular flexibility index (Phi) is 9.04. The second-order valence-corrected chi connectivity index (χ2v) is 8.36. The maximum atomic E-state index is 13.4. The van der Waals surface area contributed by atoms with Gasteiger partial charge in [0, 0.05) is 22.5 Å². The SMILES string of the molecule is C/C=C\C(=C/C)C(c1ccccc1)(c1ccccc1)n1cc(C(=O)c2cc(Cl)ccc2N)cn1.CC. The van der Waals surface area contributed by atoms with E-state index in [1.807, 2.05) is 74.9 Å². The highest BCUT2D eigenvalue weighted by Gasteiger charge is 2.40. The van der Waals surface area contributed by atoms with Gasteiger partial charge in [0.15, 0.2) is 5.78 Å². The van der Waals surface area contributed by atoms with Crippen LogP contribution in [0.25, 0.3) is 0 Å². The Labute approximate surface area is 218 Å². The highest BCUT2D eigenvalue weighted by Crippen LogP contribution is 2.41. The van der Waals surface area contributed by atoms with Crippen LogP contribution in [-0.2, 0) is 5.54 Å². The molecule has 4 rings (SSSR count).